The molecule has 0 radical (unpaired) electrons. The number of hydrogen-bond acceptors (Lipinski definition) is 6. The number of nitrogens with zero attached hydrogens (tertiary/aromatic N) is 4. The molecule has 0 bridgehead atoms. The average Bonchev–Trinajstić information content (AvgIpc) is 2.78. The predicted molar refractivity (Wildman–Crippen MR) is 120 cm³/mol. The predicted octanol–water partition coefficient (Wildman–Crippen LogP) is 3.50. The minimum Gasteiger partial charge on any atom is -0.478 e. The van der Waals surface area contributed by atoms with E-state index >= 15 is 0 Å². The molecule has 3 rings (SSSR count). The zero-order valence-corrected chi connectivity index (χ0v) is 18.5. The molecule has 1 aromatic heterocycles. The zero-order chi connectivity index (χ0) is 22.4. The van der Waals surface area contributed by atoms with Crippen LogP contribution in [0.4, 0.5) is 5.69 Å². The van der Waals surface area contributed by atoms with E-state index in [1.165, 1.54) is 0 Å². The van der Waals surface area contributed by atoms with Crippen LogP contribution in [0.2, 0.25) is 5.02 Å². The third-order valence-corrected chi connectivity index (χ3v) is 5.75. The quantitative estimate of drug-likeness (QED) is 0.660. The van der Waals surface area contributed by atoms with Crippen molar-refractivity contribution in [1.29, 1.82) is 5.26 Å². The number of hydrogen-bond donors (Lipinski definition) is 1. The topological polar surface area (TPSA) is 89.7 Å². The van der Waals surface area contributed by atoms with E-state index in [-0.39, 0.29) is 24.6 Å². The zero-order valence-electron chi connectivity index (χ0n) is 17.8. The van der Waals surface area contributed by atoms with Crippen molar-refractivity contribution < 1.29 is 14.6 Å². The summed E-state index contributed by atoms with van der Waals surface area (Å²) in [5, 5.41) is 18.3. The third-order valence-electron chi connectivity index (χ3n) is 5.44. The number of piperazine rings is 1. The SMILES string of the molecule is C[C@@H]1CN(c2ccc(C#N)c(Cl)c2)[C@@H](C)CN1C(=O)c1ccc(OCCCCO)nc1. The Bertz CT molecular complexity index is 945. The highest BCUT2D eigenvalue weighted by atomic mass is 35.5. The number of carbonyl (C=O) groups excluding carboxylic acids is 1. The van der Waals surface area contributed by atoms with Crippen LogP contribution in [-0.4, -0.2) is 59.3 Å². The van der Waals surface area contributed by atoms with Gasteiger partial charge in [-0.3, -0.25) is 4.79 Å². The fourth-order valence-electron chi connectivity index (χ4n) is 3.69. The molecule has 1 amide bonds. The second-order valence-electron chi connectivity index (χ2n) is 7.75. The smallest absolute Gasteiger partial charge is 0.255 e. The number of anilines is 1. The van der Waals surface area contributed by atoms with Gasteiger partial charge in [0.05, 0.1) is 22.8 Å². The highest BCUT2D eigenvalue weighted by Gasteiger charge is 2.33. The number of ether oxygens (including phenoxy) is 1. The van der Waals surface area contributed by atoms with E-state index in [9.17, 15) is 4.79 Å². The van der Waals surface area contributed by atoms with E-state index in [0.717, 1.165) is 12.1 Å². The first-order valence-electron chi connectivity index (χ1n) is 10.4. The number of amides is 1. The lowest BCUT2D eigenvalue weighted by Crippen LogP contribution is -2.58. The summed E-state index contributed by atoms with van der Waals surface area (Å²) >= 11 is 6.21. The van der Waals surface area contributed by atoms with Gasteiger partial charge in [-0.15, -0.1) is 0 Å². The van der Waals surface area contributed by atoms with Crippen molar-refractivity contribution in [2.45, 2.75) is 38.8 Å². The molecule has 8 heteroatoms. The summed E-state index contributed by atoms with van der Waals surface area (Å²) in [5.74, 6) is 0.412. The van der Waals surface area contributed by atoms with E-state index in [0.29, 0.717) is 48.1 Å². The molecule has 1 aliphatic heterocycles. The summed E-state index contributed by atoms with van der Waals surface area (Å²) in [5.41, 5.74) is 1.92. The summed E-state index contributed by atoms with van der Waals surface area (Å²) in [4.78, 5) is 21.4. The maximum Gasteiger partial charge on any atom is 0.255 e. The van der Waals surface area contributed by atoms with Crippen LogP contribution >= 0.6 is 11.6 Å². The molecule has 0 spiro atoms. The number of rotatable bonds is 7. The van der Waals surface area contributed by atoms with Crippen molar-refractivity contribution in [2.75, 3.05) is 31.2 Å². The number of benzene rings is 1. The maximum atomic E-state index is 13.1. The third kappa shape index (κ3) is 5.46. The number of aromatic nitrogens is 1. The molecule has 1 saturated heterocycles. The highest BCUT2D eigenvalue weighted by Crippen LogP contribution is 2.28. The van der Waals surface area contributed by atoms with E-state index in [4.69, 9.17) is 26.7 Å². The van der Waals surface area contributed by atoms with Gasteiger partial charge in [-0.05, 0) is 51.0 Å². The molecule has 2 atom stereocenters. The maximum absolute atomic E-state index is 13.1. The first kappa shape index (κ1) is 22.9. The van der Waals surface area contributed by atoms with Gasteiger partial charge in [-0.2, -0.15) is 5.26 Å². The lowest BCUT2D eigenvalue weighted by atomic mass is 10.0. The van der Waals surface area contributed by atoms with Crippen molar-refractivity contribution in [2.24, 2.45) is 0 Å². The molecule has 0 saturated carbocycles. The van der Waals surface area contributed by atoms with Crippen molar-refractivity contribution in [3.8, 4) is 11.9 Å². The Kier molecular flexibility index (Phi) is 7.72. The van der Waals surface area contributed by atoms with Gasteiger partial charge in [0.25, 0.3) is 5.91 Å². The van der Waals surface area contributed by atoms with Crippen LogP contribution in [0.15, 0.2) is 36.5 Å². The standard InChI is InChI=1S/C23H27ClN4O3/c1-16-15-28(17(2)14-27(16)20-7-5-18(12-25)21(24)11-20)23(30)19-6-8-22(26-13-19)31-10-4-3-9-29/h5-8,11,13,16-17,29H,3-4,9-10,14-15H2,1-2H3/t16-,17+/m0/s1. The van der Waals surface area contributed by atoms with E-state index in [1.807, 2.05) is 24.0 Å². The largest absolute Gasteiger partial charge is 0.478 e. The number of aliphatic hydroxyl groups is 1. The Morgan fingerprint density at radius 2 is 2.06 bits per heavy atom. The molecule has 1 fully saturated rings. The van der Waals surface area contributed by atoms with Crippen LogP contribution in [0.25, 0.3) is 0 Å². The summed E-state index contributed by atoms with van der Waals surface area (Å²) in [7, 11) is 0. The summed E-state index contributed by atoms with van der Waals surface area (Å²) < 4.78 is 5.53. The molecule has 1 aliphatic rings. The fraction of sp³-hybridized carbons (Fsp3) is 0.435. The monoisotopic (exact) mass is 442 g/mol. The number of nitriles is 1. The second kappa shape index (κ2) is 10.5. The second-order valence-corrected chi connectivity index (χ2v) is 8.16. The van der Waals surface area contributed by atoms with Crippen LogP contribution in [0.5, 0.6) is 5.88 Å². The Morgan fingerprint density at radius 1 is 1.26 bits per heavy atom. The summed E-state index contributed by atoms with van der Waals surface area (Å²) in [6.07, 6.45) is 2.99. The van der Waals surface area contributed by atoms with E-state index < -0.39 is 0 Å². The first-order valence-corrected chi connectivity index (χ1v) is 10.8. The Labute approximate surface area is 187 Å². The highest BCUT2D eigenvalue weighted by molar-refractivity contribution is 6.32. The molecular weight excluding hydrogens is 416 g/mol. The van der Waals surface area contributed by atoms with Crippen molar-refractivity contribution in [1.82, 2.24) is 9.88 Å². The molecule has 1 aromatic carbocycles. The Balaban J connectivity index is 1.65. The molecule has 31 heavy (non-hydrogen) atoms. The average molecular weight is 443 g/mol. The van der Waals surface area contributed by atoms with Gasteiger partial charge in [-0.25, -0.2) is 4.98 Å². The van der Waals surface area contributed by atoms with Gasteiger partial charge in [-0.1, -0.05) is 11.6 Å². The van der Waals surface area contributed by atoms with Gasteiger partial charge >= 0.3 is 0 Å². The van der Waals surface area contributed by atoms with E-state index in [1.54, 1.807) is 24.4 Å². The van der Waals surface area contributed by atoms with Crippen LogP contribution in [0, 0.1) is 11.3 Å². The lowest BCUT2D eigenvalue weighted by Gasteiger charge is -2.45. The molecule has 1 N–H and O–H groups in total. The molecule has 2 heterocycles. The molecule has 164 valence electrons. The number of aliphatic hydroxyl groups excluding tert-OH is 1. The fourth-order valence-corrected chi connectivity index (χ4v) is 3.91. The van der Waals surface area contributed by atoms with Crippen molar-refractivity contribution >= 4 is 23.2 Å². The van der Waals surface area contributed by atoms with Crippen molar-refractivity contribution in [3.63, 3.8) is 0 Å². The van der Waals surface area contributed by atoms with Crippen molar-refractivity contribution in [3.05, 3.63) is 52.7 Å². The normalized spacial score (nSPS) is 18.5. The van der Waals surface area contributed by atoms with Crippen LogP contribution < -0.4 is 9.64 Å². The minimum atomic E-state index is -0.0591. The number of halogens is 1. The van der Waals surface area contributed by atoms with Gasteiger partial charge < -0.3 is 19.6 Å². The van der Waals surface area contributed by atoms with Crippen LogP contribution in [-0.2, 0) is 0 Å². The summed E-state index contributed by atoms with van der Waals surface area (Å²) in [6.45, 7) is 5.95. The Hall–Kier alpha value is -2.82. The van der Waals surface area contributed by atoms with Gasteiger partial charge in [0.1, 0.15) is 6.07 Å². The minimum absolute atomic E-state index is 0.00692. The molecular formula is C23H27ClN4O3. The van der Waals surface area contributed by atoms with Gasteiger partial charge in [0.2, 0.25) is 5.88 Å². The Morgan fingerprint density at radius 3 is 2.71 bits per heavy atom. The molecule has 0 aliphatic carbocycles. The molecule has 0 unspecified atom stereocenters. The summed E-state index contributed by atoms with van der Waals surface area (Å²) in [6, 6.07) is 11.0. The van der Waals surface area contributed by atoms with Crippen LogP contribution in [0.3, 0.4) is 0 Å². The molecule has 2 aromatic rings. The number of unbranched alkanes of at least 4 members (excludes halogenated alkanes) is 1. The number of carbonyl (C=O) groups is 1. The first-order chi connectivity index (χ1) is 14.9. The van der Waals surface area contributed by atoms with Gasteiger partial charge in [0, 0.05) is 49.7 Å². The van der Waals surface area contributed by atoms with Gasteiger partial charge in [0.15, 0.2) is 0 Å². The lowest BCUT2D eigenvalue weighted by molar-refractivity contribution is 0.0644. The van der Waals surface area contributed by atoms with E-state index in [2.05, 4.69) is 22.9 Å². The number of pyridine rings is 1. The molecule has 7 nitrogen and oxygen atoms in total. The van der Waals surface area contributed by atoms with Crippen LogP contribution in [0.1, 0.15) is 42.6 Å².